The van der Waals surface area contributed by atoms with E-state index >= 15 is 0 Å². The van der Waals surface area contributed by atoms with Crippen LogP contribution in [0.1, 0.15) is 11.1 Å². The molecule has 2 aromatic carbocycles. The molecular weight excluding hydrogens is 225 g/mol. The molecule has 4 heteroatoms. The predicted molar refractivity (Wildman–Crippen MR) is 72.5 cm³/mol. The van der Waals surface area contributed by atoms with Crippen molar-refractivity contribution in [2.45, 2.75) is 6.92 Å². The van der Waals surface area contributed by atoms with Crippen LogP contribution in [0.15, 0.2) is 53.5 Å². The summed E-state index contributed by atoms with van der Waals surface area (Å²) in [6, 6.07) is 15.3. The van der Waals surface area contributed by atoms with Gasteiger partial charge in [0.05, 0.1) is 5.69 Å². The standard InChI is InChI=1S/C14H12BNO2/c1-10-6-8-11(9-7-10)14-16-13-5-3-2-4-12(13)15(17)18-14/h2-9,17H,1H3. The van der Waals surface area contributed by atoms with Crippen molar-refractivity contribution in [3.8, 4) is 0 Å². The lowest BCUT2D eigenvalue weighted by atomic mass is 9.77. The minimum absolute atomic E-state index is 0.459. The Balaban J connectivity index is 2.05. The Hall–Kier alpha value is -2.07. The maximum atomic E-state index is 9.94. The third-order valence-electron chi connectivity index (χ3n) is 2.95. The van der Waals surface area contributed by atoms with Crippen molar-refractivity contribution in [1.29, 1.82) is 0 Å². The first-order valence-electron chi connectivity index (χ1n) is 5.83. The van der Waals surface area contributed by atoms with Crippen LogP contribution >= 0.6 is 0 Å². The molecule has 3 rings (SSSR count). The average molecular weight is 237 g/mol. The van der Waals surface area contributed by atoms with E-state index in [0.29, 0.717) is 11.4 Å². The van der Waals surface area contributed by atoms with Crippen LogP contribution in [0.3, 0.4) is 0 Å². The largest absolute Gasteiger partial charge is 0.563 e. The lowest BCUT2D eigenvalue weighted by Crippen LogP contribution is -2.39. The van der Waals surface area contributed by atoms with Crippen molar-refractivity contribution in [3.63, 3.8) is 0 Å². The van der Waals surface area contributed by atoms with Crippen LogP contribution < -0.4 is 5.46 Å². The topological polar surface area (TPSA) is 41.8 Å². The van der Waals surface area contributed by atoms with Gasteiger partial charge in [-0.2, -0.15) is 0 Å². The number of fused-ring (bicyclic) bond motifs is 1. The fraction of sp³-hybridized carbons (Fsp3) is 0.0714. The highest BCUT2D eigenvalue weighted by Crippen LogP contribution is 2.18. The Morgan fingerprint density at radius 3 is 2.56 bits per heavy atom. The van der Waals surface area contributed by atoms with Crippen LogP contribution in [0, 0.1) is 6.92 Å². The van der Waals surface area contributed by atoms with Crippen LogP contribution in [0.4, 0.5) is 5.69 Å². The van der Waals surface area contributed by atoms with Gasteiger partial charge in [-0.05, 0) is 25.1 Å². The third kappa shape index (κ3) is 1.91. The van der Waals surface area contributed by atoms with Gasteiger partial charge in [0.15, 0.2) is 0 Å². The smallest absolute Gasteiger partial charge is 0.518 e. The molecule has 3 nitrogen and oxygen atoms in total. The lowest BCUT2D eigenvalue weighted by Gasteiger charge is -2.19. The quantitative estimate of drug-likeness (QED) is 0.768. The van der Waals surface area contributed by atoms with E-state index in [-0.39, 0.29) is 0 Å². The highest BCUT2D eigenvalue weighted by atomic mass is 16.5. The number of para-hydroxylation sites is 1. The van der Waals surface area contributed by atoms with Gasteiger partial charge in [-0.3, -0.25) is 0 Å². The van der Waals surface area contributed by atoms with Crippen molar-refractivity contribution in [2.24, 2.45) is 4.99 Å². The Morgan fingerprint density at radius 2 is 1.78 bits per heavy atom. The van der Waals surface area contributed by atoms with Crippen molar-refractivity contribution < 1.29 is 9.68 Å². The van der Waals surface area contributed by atoms with Gasteiger partial charge in [-0.15, -0.1) is 0 Å². The number of hydrogen-bond acceptors (Lipinski definition) is 3. The van der Waals surface area contributed by atoms with Gasteiger partial charge in [0.1, 0.15) is 0 Å². The van der Waals surface area contributed by atoms with Gasteiger partial charge < -0.3 is 9.68 Å². The third-order valence-corrected chi connectivity index (χ3v) is 2.95. The predicted octanol–water partition coefficient (Wildman–Crippen LogP) is 1.79. The fourth-order valence-electron chi connectivity index (χ4n) is 1.93. The maximum Gasteiger partial charge on any atom is 0.563 e. The zero-order chi connectivity index (χ0) is 12.5. The molecule has 0 saturated heterocycles. The lowest BCUT2D eigenvalue weighted by molar-refractivity contribution is 0.425. The molecule has 88 valence electrons. The van der Waals surface area contributed by atoms with E-state index in [1.54, 1.807) is 0 Å². The van der Waals surface area contributed by atoms with Crippen molar-refractivity contribution in [2.75, 3.05) is 0 Å². The van der Waals surface area contributed by atoms with Crippen LogP contribution in [-0.4, -0.2) is 18.0 Å². The Morgan fingerprint density at radius 1 is 1.06 bits per heavy atom. The Bertz CT molecular complexity index is 607. The van der Waals surface area contributed by atoms with E-state index < -0.39 is 7.12 Å². The number of nitrogens with zero attached hydrogens (tertiary/aromatic N) is 1. The molecule has 1 aliphatic heterocycles. The molecule has 0 radical (unpaired) electrons. The van der Waals surface area contributed by atoms with Crippen LogP contribution in [0.25, 0.3) is 0 Å². The summed E-state index contributed by atoms with van der Waals surface area (Å²) in [4.78, 5) is 4.43. The average Bonchev–Trinajstić information content (AvgIpc) is 2.39. The van der Waals surface area contributed by atoms with E-state index in [2.05, 4.69) is 4.99 Å². The molecule has 0 fully saturated rings. The van der Waals surface area contributed by atoms with Gasteiger partial charge in [-0.1, -0.05) is 35.9 Å². The van der Waals surface area contributed by atoms with E-state index in [4.69, 9.17) is 4.65 Å². The van der Waals surface area contributed by atoms with E-state index in [1.165, 1.54) is 5.56 Å². The second-order valence-corrected chi connectivity index (χ2v) is 4.31. The molecule has 0 amide bonds. The van der Waals surface area contributed by atoms with E-state index in [1.807, 2.05) is 55.5 Å². The second kappa shape index (κ2) is 4.31. The molecule has 0 saturated carbocycles. The molecule has 0 unspecified atom stereocenters. The van der Waals surface area contributed by atoms with E-state index in [9.17, 15) is 5.02 Å². The highest BCUT2D eigenvalue weighted by molar-refractivity contribution is 6.64. The van der Waals surface area contributed by atoms with Gasteiger partial charge in [-0.25, -0.2) is 4.99 Å². The molecule has 1 heterocycles. The molecule has 1 N–H and O–H groups in total. The molecule has 0 spiro atoms. The summed E-state index contributed by atoms with van der Waals surface area (Å²) in [6.45, 7) is 2.03. The molecular formula is C14H12BNO2. The zero-order valence-electron chi connectivity index (χ0n) is 10.00. The van der Waals surface area contributed by atoms with Gasteiger partial charge in [0.2, 0.25) is 5.90 Å². The van der Waals surface area contributed by atoms with Gasteiger partial charge in [0.25, 0.3) is 0 Å². The van der Waals surface area contributed by atoms with Crippen molar-refractivity contribution in [3.05, 3.63) is 59.7 Å². The highest BCUT2D eigenvalue weighted by Gasteiger charge is 2.28. The summed E-state index contributed by atoms with van der Waals surface area (Å²) in [5, 5.41) is 9.94. The first-order valence-corrected chi connectivity index (χ1v) is 5.83. The van der Waals surface area contributed by atoms with Crippen LogP contribution in [-0.2, 0) is 4.65 Å². The van der Waals surface area contributed by atoms with Crippen molar-refractivity contribution >= 4 is 24.2 Å². The summed E-state index contributed by atoms with van der Waals surface area (Å²) in [5.41, 5.74) is 3.51. The molecule has 2 aromatic rings. The molecule has 18 heavy (non-hydrogen) atoms. The van der Waals surface area contributed by atoms with Crippen LogP contribution in [0.2, 0.25) is 0 Å². The second-order valence-electron chi connectivity index (χ2n) is 4.31. The summed E-state index contributed by atoms with van der Waals surface area (Å²) in [5.74, 6) is 0.459. The number of hydrogen-bond donors (Lipinski definition) is 1. The normalized spacial score (nSPS) is 13.7. The summed E-state index contributed by atoms with van der Waals surface area (Å²) in [6.07, 6.45) is 0. The van der Waals surface area contributed by atoms with E-state index in [0.717, 1.165) is 11.3 Å². The summed E-state index contributed by atoms with van der Waals surface area (Å²) in [7, 11) is -0.949. The minimum Gasteiger partial charge on any atom is -0.518 e. The molecule has 0 bridgehead atoms. The molecule has 0 aliphatic carbocycles. The number of aliphatic imine (C=N–C) groups is 1. The zero-order valence-corrected chi connectivity index (χ0v) is 10.00. The molecule has 1 aliphatic rings. The summed E-state index contributed by atoms with van der Waals surface area (Å²) >= 11 is 0. The minimum atomic E-state index is -0.949. The Labute approximate surface area is 106 Å². The van der Waals surface area contributed by atoms with Gasteiger partial charge in [0, 0.05) is 11.0 Å². The summed E-state index contributed by atoms with van der Waals surface area (Å²) < 4.78 is 5.44. The molecule has 0 aromatic heterocycles. The monoisotopic (exact) mass is 237 g/mol. The SMILES string of the molecule is Cc1ccc(C2=Nc3ccccc3B(O)O2)cc1. The Kier molecular flexibility index (Phi) is 2.65. The van der Waals surface area contributed by atoms with Crippen LogP contribution in [0.5, 0.6) is 0 Å². The van der Waals surface area contributed by atoms with Crippen molar-refractivity contribution in [1.82, 2.24) is 0 Å². The number of rotatable bonds is 1. The molecule has 0 atom stereocenters. The van der Waals surface area contributed by atoms with Gasteiger partial charge >= 0.3 is 7.12 Å². The maximum absolute atomic E-state index is 9.94. The number of aryl methyl sites for hydroxylation is 1. The number of benzene rings is 2. The fourth-order valence-corrected chi connectivity index (χ4v) is 1.93. The first kappa shape index (κ1) is 11.0. The first-order chi connectivity index (χ1) is 8.74.